The molecule has 0 radical (unpaired) electrons. The third kappa shape index (κ3) is 5.13. The van der Waals surface area contributed by atoms with Gasteiger partial charge in [-0.25, -0.2) is 8.42 Å². The van der Waals surface area contributed by atoms with Gasteiger partial charge in [-0.1, -0.05) is 35.9 Å². The van der Waals surface area contributed by atoms with Gasteiger partial charge in [0.2, 0.25) is 0 Å². The fraction of sp³-hybridized carbons (Fsp3) is 0.150. The quantitative estimate of drug-likeness (QED) is 0.577. The highest BCUT2D eigenvalue weighted by molar-refractivity contribution is 7.91. The maximum Gasteiger partial charge on any atom is 0.257 e. The van der Waals surface area contributed by atoms with E-state index in [1.54, 1.807) is 41.8 Å². The van der Waals surface area contributed by atoms with Crippen LogP contribution in [0.15, 0.2) is 77.0 Å². The van der Waals surface area contributed by atoms with Crippen molar-refractivity contribution in [3.8, 4) is 5.75 Å². The average Bonchev–Trinajstić information content (AvgIpc) is 3.22. The number of rotatable bonds is 8. The van der Waals surface area contributed by atoms with E-state index < -0.39 is 21.0 Å². The lowest BCUT2D eigenvalue weighted by atomic mass is 10.3. The second kappa shape index (κ2) is 9.23. The van der Waals surface area contributed by atoms with Crippen molar-refractivity contribution in [2.75, 3.05) is 13.2 Å². The van der Waals surface area contributed by atoms with Gasteiger partial charge in [0.05, 0.1) is 4.90 Å². The standard InChI is InChI=1S/C20H18ClNO4S2/c21-15-8-10-17(11-9-15)28(24,25)19(18-7-4-12-27-18)13-22-20(23)14-26-16-5-2-1-3-6-16/h1-12,19H,13-14H2,(H,22,23). The fourth-order valence-electron chi connectivity index (χ4n) is 2.55. The lowest BCUT2D eigenvalue weighted by Crippen LogP contribution is -2.34. The van der Waals surface area contributed by atoms with E-state index in [1.165, 1.54) is 35.6 Å². The molecule has 1 unspecified atom stereocenters. The molecule has 5 nitrogen and oxygen atoms in total. The molecule has 0 fully saturated rings. The first kappa shape index (κ1) is 20.4. The zero-order valence-corrected chi connectivity index (χ0v) is 17.1. The van der Waals surface area contributed by atoms with Gasteiger partial charge in [0, 0.05) is 16.4 Å². The van der Waals surface area contributed by atoms with Gasteiger partial charge in [0.15, 0.2) is 16.4 Å². The lowest BCUT2D eigenvalue weighted by Gasteiger charge is -2.17. The molecule has 1 atom stereocenters. The predicted molar refractivity (Wildman–Crippen MR) is 111 cm³/mol. The summed E-state index contributed by atoms with van der Waals surface area (Å²) in [5.41, 5.74) is 0. The summed E-state index contributed by atoms with van der Waals surface area (Å²) in [5.74, 6) is 0.179. The summed E-state index contributed by atoms with van der Waals surface area (Å²) in [4.78, 5) is 13.0. The molecule has 0 aliphatic heterocycles. The molecular formula is C20H18ClNO4S2. The minimum Gasteiger partial charge on any atom is -0.484 e. The zero-order chi connectivity index (χ0) is 20.0. The van der Waals surface area contributed by atoms with Gasteiger partial charge in [-0.15, -0.1) is 11.3 Å². The number of sulfone groups is 1. The van der Waals surface area contributed by atoms with Crippen molar-refractivity contribution >= 4 is 38.7 Å². The number of benzene rings is 2. The summed E-state index contributed by atoms with van der Waals surface area (Å²) in [5, 5.41) is 4.03. The summed E-state index contributed by atoms with van der Waals surface area (Å²) in [7, 11) is -3.71. The van der Waals surface area contributed by atoms with Crippen molar-refractivity contribution in [3.05, 3.63) is 82.0 Å². The molecule has 8 heteroatoms. The summed E-state index contributed by atoms with van der Waals surface area (Å²) in [6.45, 7) is -0.245. The van der Waals surface area contributed by atoms with E-state index in [9.17, 15) is 13.2 Å². The van der Waals surface area contributed by atoms with Gasteiger partial charge in [-0.05, 0) is 47.8 Å². The first-order valence-corrected chi connectivity index (χ1v) is 11.2. The van der Waals surface area contributed by atoms with E-state index in [0.29, 0.717) is 15.6 Å². The van der Waals surface area contributed by atoms with Crippen molar-refractivity contribution in [2.45, 2.75) is 10.1 Å². The molecule has 1 N–H and O–H groups in total. The second-order valence-corrected chi connectivity index (χ2v) is 9.45. The topological polar surface area (TPSA) is 72.5 Å². The van der Waals surface area contributed by atoms with E-state index in [4.69, 9.17) is 16.3 Å². The van der Waals surface area contributed by atoms with Crippen LogP contribution in [-0.4, -0.2) is 27.5 Å². The third-order valence-electron chi connectivity index (χ3n) is 3.98. The Labute approximate surface area is 172 Å². The second-order valence-electron chi connectivity index (χ2n) is 5.91. The maximum atomic E-state index is 13.1. The van der Waals surface area contributed by atoms with Crippen LogP contribution in [0.3, 0.4) is 0 Å². The summed E-state index contributed by atoms with van der Waals surface area (Å²) in [6.07, 6.45) is 0. The number of hydrogen-bond donors (Lipinski definition) is 1. The molecule has 1 amide bonds. The van der Waals surface area contributed by atoms with Crippen LogP contribution < -0.4 is 10.1 Å². The Kier molecular flexibility index (Phi) is 6.72. The van der Waals surface area contributed by atoms with Crippen molar-refractivity contribution in [3.63, 3.8) is 0 Å². The van der Waals surface area contributed by atoms with Gasteiger partial charge in [-0.2, -0.15) is 0 Å². The van der Waals surface area contributed by atoms with Gasteiger partial charge in [0.25, 0.3) is 5.91 Å². The number of hydrogen-bond acceptors (Lipinski definition) is 5. The highest BCUT2D eigenvalue weighted by Crippen LogP contribution is 2.31. The highest BCUT2D eigenvalue weighted by Gasteiger charge is 2.30. The zero-order valence-electron chi connectivity index (χ0n) is 14.7. The number of nitrogens with one attached hydrogen (secondary N) is 1. The molecule has 3 rings (SSSR count). The molecule has 0 saturated carbocycles. The Morgan fingerprint density at radius 3 is 2.39 bits per heavy atom. The molecule has 2 aromatic carbocycles. The van der Waals surface area contributed by atoms with E-state index in [0.717, 1.165) is 0 Å². The molecule has 0 aliphatic rings. The number of amides is 1. The van der Waals surface area contributed by atoms with E-state index in [2.05, 4.69) is 5.32 Å². The Morgan fingerprint density at radius 2 is 1.75 bits per heavy atom. The number of ether oxygens (including phenoxy) is 1. The summed E-state index contributed by atoms with van der Waals surface area (Å²) < 4.78 is 31.6. The normalized spacial score (nSPS) is 12.3. The summed E-state index contributed by atoms with van der Waals surface area (Å²) >= 11 is 7.20. The molecular weight excluding hydrogens is 418 g/mol. The van der Waals surface area contributed by atoms with Crippen LogP contribution in [0.2, 0.25) is 5.02 Å². The third-order valence-corrected chi connectivity index (χ3v) is 7.46. The van der Waals surface area contributed by atoms with Crippen molar-refractivity contribution < 1.29 is 17.9 Å². The number of thiophene rings is 1. The number of halogens is 1. The first-order chi connectivity index (χ1) is 13.5. The molecule has 146 valence electrons. The molecule has 0 bridgehead atoms. The molecule has 3 aromatic rings. The molecule has 1 aromatic heterocycles. The number of para-hydroxylation sites is 1. The van der Waals surface area contributed by atoms with Crippen molar-refractivity contribution in [1.82, 2.24) is 5.32 Å². The largest absolute Gasteiger partial charge is 0.484 e. The SMILES string of the molecule is O=C(COc1ccccc1)NCC(c1cccs1)S(=O)(=O)c1ccc(Cl)cc1. The van der Waals surface area contributed by atoms with Gasteiger partial charge < -0.3 is 10.1 Å². The van der Waals surface area contributed by atoms with Gasteiger partial charge in [0.1, 0.15) is 11.0 Å². The minimum absolute atomic E-state index is 0.0531. The highest BCUT2D eigenvalue weighted by atomic mass is 35.5. The Bertz CT molecular complexity index is 1000. The van der Waals surface area contributed by atoms with Crippen LogP contribution >= 0.6 is 22.9 Å². The van der Waals surface area contributed by atoms with Crippen LogP contribution in [0.1, 0.15) is 10.1 Å². The smallest absolute Gasteiger partial charge is 0.257 e. The molecule has 28 heavy (non-hydrogen) atoms. The maximum absolute atomic E-state index is 13.1. The van der Waals surface area contributed by atoms with Crippen LogP contribution in [0.25, 0.3) is 0 Å². The molecule has 0 aliphatic carbocycles. The Hall–Kier alpha value is -2.35. The molecule has 0 spiro atoms. The van der Waals surface area contributed by atoms with Crippen molar-refractivity contribution in [2.24, 2.45) is 0 Å². The Morgan fingerprint density at radius 1 is 1.04 bits per heavy atom. The first-order valence-electron chi connectivity index (χ1n) is 8.44. The van der Waals surface area contributed by atoms with E-state index >= 15 is 0 Å². The van der Waals surface area contributed by atoms with Crippen molar-refractivity contribution in [1.29, 1.82) is 0 Å². The van der Waals surface area contributed by atoms with Crippen LogP contribution in [0.5, 0.6) is 5.75 Å². The summed E-state index contributed by atoms with van der Waals surface area (Å²) in [6, 6.07) is 18.5. The van der Waals surface area contributed by atoms with Crippen LogP contribution in [0, 0.1) is 0 Å². The predicted octanol–water partition coefficient (Wildman–Crippen LogP) is 4.11. The monoisotopic (exact) mass is 435 g/mol. The number of carbonyl (C=O) groups excluding carboxylic acids is 1. The lowest BCUT2D eigenvalue weighted by molar-refractivity contribution is -0.123. The number of carbonyl (C=O) groups is 1. The Balaban J connectivity index is 1.71. The fourth-order valence-corrected chi connectivity index (χ4v) is 5.46. The van der Waals surface area contributed by atoms with Crippen LogP contribution in [-0.2, 0) is 14.6 Å². The molecule has 0 saturated heterocycles. The molecule has 1 heterocycles. The van der Waals surface area contributed by atoms with Crippen LogP contribution in [0.4, 0.5) is 0 Å². The van der Waals surface area contributed by atoms with Gasteiger partial charge in [-0.3, -0.25) is 4.79 Å². The van der Waals surface area contributed by atoms with Gasteiger partial charge >= 0.3 is 0 Å². The van der Waals surface area contributed by atoms with E-state index in [1.807, 2.05) is 6.07 Å². The minimum atomic E-state index is -3.71. The van der Waals surface area contributed by atoms with E-state index in [-0.39, 0.29) is 18.0 Å². The average molecular weight is 436 g/mol.